The van der Waals surface area contributed by atoms with E-state index in [-0.39, 0.29) is 28.3 Å². The highest BCUT2D eigenvalue weighted by molar-refractivity contribution is 5.46. The van der Waals surface area contributed by atoms with Crippen LogP contribution in [0.3, 0.4) is 0 Å². The lowest BCUT2D eigenvalue weighted by atomic mass is 9.73. The minimum atomic E-state index is -0.185. The van der Waals surface area contributed by atoms with Crippen LogP contribution in [-0.4, -0.2) is 27.7 Å². The highest BCUT2D eigenvalue weighted by atomic mass is 16.3. The summed E-state index contributed by atoms with van der Waals surface area (Å²) < 4.78 is 1.57. The summed E-state index contributed by atoms with van der Waals surface area (Å²) in [5.41, 5.74) is 10.5. The molecule has 176 valence electrons. The quantitative estimate of drug-likeness (QED) is 0.564. The van der Waals surface area contributed by atoms with Crippen molar-refractivity contribution in [2.24, 2.45) is 18.2 Å². The molecule has 0 unspecified atom stereocenters. The number of hydrogen-bond acceptors (Lipinski definition) is 6. The average molecular weight is 466 g/mol. The number of nitriles is 1. The number of benzene rings is 2. The Morgan fingerprint density at radius 3 is 2.69 bits per heavy atom. The van der Waals surface area contributed by atoms with Gasteiger partial charge in [0.25, 0.3) is 5.56 Å². The van der Waals surface area contributed by atoms with Gasteiger partial charge >= 0.3 is 0 Å². The van der Waals surface area contributed by atoms with Gasteiger partial charge in [0.15, 0.2) is 0 Å². The first kappa shape index (κ1) is 22.7. The number of anilines is 1. The molecule has 35 heavy (non-hydrogen) atoms. The molecule has 3 aromatic rings. The summed E-state index contributed by atoms with van der Waals surface area (Å²) in [6.45, 7) is 1.60. The molecule has 1 saturated heterocycles. The van der Waals surface area contributed by atoms with E-state index in [0.717, 1.165) is 37.9 Å². The summed E-state index contributed by atoms with van der Waals surface area (Å²) in [5.74, 6) is 6.46. The summed E-state index contributed by atoms with van der Waals surface area (Å²) in [6, 6.07) is 15.3. The standard InChI is InChI=1S/C28H27N5O2/c1-32-26(35)22(7-4-5-19-9-10-21(17-29)24(34)15-19)18-31-27(32)33-13-11-28(12-14-33)16-20-6-2-3-8-23(20)25(28)30/h2-3,6,8-10,15,18,25,34H,5,11-14,16,30H2,1H3/t25-/m1/s1. The van der Waals surface area contributed by atoms with Crippen LogP contribution in [0.5, 0.6) is 5.75 Å². The van der Waals surface area contributed by atoms with Crippen LogP contribution in [0.25, 0.3) is 0 Å². The van der Waals surface area contributed by atoms with Crippen molar-refractivity contribution in [2.45, 2.75) is 31.7 Å². The lowest BCUT2D eigenvalue weighted by Gasteiger charge is -2.42. The van der Waals surface area contributed by atoms with E-state index in [4.69, 9.17) is 11.0 Å². The minimum absolute atomic E-state index is 0.0493. The van der Waals surface area contributed by atoms with E-state index >= 15 is 0 Å². The van der Waals surface area contributed by atoms with Crippen LogP contribution in [0.15, 0.2) is 53.5 Å². The molecule has 1 fully saturated rings. The molecule has 2 heterocycles. The van der Waals surface area contributed by atoms with Gasteiger partial charge in [0, 0.05) is 32.6 Å². The number of aromatic nitrogens is 2. The fraction of sp³-hybridized carbons (Fsp3) is 0.321. The first-order valence-corrected chi connectivity index (χ1v) is 11.8. The number of aromatic hydroxyl groups is 1. The molecule has 1 spiro atoms. The number of phenolic OH excluding ortho intramolecular Hbond substituents is 1. The molecule has 1 aliphatic carbocycles. The molecule has 7 heteroatoms. The number of fused-ring (bicyclic) bond motifs is 1. The highest BCUT2D eigenvalue weighted by Crippen LogP contribution is 2.50. The first-order chi connectivity index (χ1) is 16.9. The Labute approximate surface area is 204 Å². The van der Waals surface area contributed by atoms with Crippen LogP contribution in [0.4, 0.5) is 5.95 Å². The molecular weight excluding hydrogens is 438 g/mol. The predicted octanol–water partition coefficient (Wildman–Crippen LogP) is 2.79. The summed E-state index contributed by atoms with van der Waals surface area (Å²) in [6.07, 6.45) is 4.81. The molecule has 0 radical (unpaired) electrons. The number of piperidine rings is 1. The van der Waals surface area contributed by atoms with Gasteiger partial charge in [0.05, 0.1) is 11.8 Å². The summed E-state index contributed by atoms with van der Waals surface area (Å²) in [7, 11) is 1.73. The van der Waals surface area contributed by atoms with Crippen molar-refractivity contribution in [3.05, 3.63) is 86.8 Å². The second kappa shape index (κ2) is 8.94. The fourth-order valence-corrected chi connectivity index (χ4v) is 5.40. The van der Waals surface area contributed by atoms with Gasteiger partial charge in [-0.2, -0.15) is 5.26 Å². The van der Waals surface area contributed by atoms with Crippen LogP contribution in [0.1, 0.15) is 46.7 Å². The number of nitrogens with two attached hydrogens (primary N) is 1. The molecule has 2 aromatic carbocycles. The average Bonchev–Trinajstić information content (AvgIpc) is 3.14. The summed E-state index contributed by atoms with van der Waals surface area (Å²) in [5, 5.41) is 18.7. The van der Waals surface area contributed by atoms with Gasteiger partial charge in [0.1, 0.15) is 17.4 Å². The largest absolute Gasteiger partial charge is 0.507 e. The Hall–Kier alpha value is -4.07. The highest BCUT2D eigenvalue weighted by Gasteiger charge is 2.46. The van der Waals surface area contributed by atoms with E-state index in [1.54, 1.807) is 29.9 Å². The Bertz CT molecular complexity index is 1450. The molecule has 2 aliphatic rings. The maximum atomic E-state index is 13.0. The molecule has 0 amide bonds. The maximum absolute atomic E-state index is 13.0. The van der Waals surface area contributed by atoms with Gasteiger partial charge in [-0.1, -0.05) is 42.2 Å². The van der Waals surface area contributed by atoms with Crippen LogP contribution >= 0.6 is 0 Å². The van der Waals surface area contributed by atoms with E-state index in [1.807, 2.05) is 6.07 Å². The molecule has 1 atom stereocenters. The smallest absolute Gasteiger partial charge is 0.270 e. The number of nitrogens with zero attached hydrogens (tertiary/aromatic N) is 4. The second-order valence-corrected chi connectivity index (χ2v) is 9.48. The van der Waals surface area contributed by atoms with Crippen LogP contribution in [-0.2, 0) is 19.9 Å². The lowest BCUT2D eigenvalue weighted by molar-refractivity contribution is 0.186. The number of rotatable bonds is 2. The Kier molecular flexibility index (Phi) is 5.80. The Morgan fingerprint density at radius 1 is 1.20 bits per heavy atom. The molecule has 1 aliphatic heterocycles. The number of phenols is 1. The van der Waals surface area contributed by atoms with Gasteiger partial charge in [-0.3, -0.25) is 9.36 Å². The van der Waals surface area contributed by atoms with Crippen LogP contribution in [0.2, 0.25) is 0 Å². The van der Waals surface area contributed by atoms with Gasteiger partial charge < -0.3 is 15.7 Å². The fourth-order valence-electron chi connectivity index (χ4n) is 5.40. The predicted molar refractivity (Wildman–Crippen MR) is 134 cm³/mol. The zero-order valence-corrected chi connectivity index (χ0v) is 19.7. The van der Waals surface area contributed by atoms with E-state index in [0.29, 0.717) is 17.9 Å². The number of hydrogen-bond donors (Lipinski definition) is 2. The van der Waals surface area contributed by atoms with Gasteiger partial charge in [0.2, 0.25) is 5.95 Å². The second-order valence-electron chi connectivity index (χ2n) is 9.48. The van der Waals surface area contributed by atoms with Crippen LogP contribution < -0.4 is 16.2 Å². The van der Waals surface area contributed by atoms with Crippen molar-refractivity contribution in [3.63, 3.8) is 0 Å². The molecular formula is C28H27N5O2. The summed E-state index contributed by atoms with van der Waals surface area (Å²) in [4.78, 5) is 19.7. The third-order valence-electron chi connectivity index (χ3n) is 7.48. The zero-order valence-electron chi connectivity index (χ0n) is 19.7. The van der Waals surface area contributed by atoms with E-state index in [2.05, 4.69) is 46.0 Å². The van der Waals surface area contributed by atoms with E-state index < -0.39 is 0 Å². The topological polar surface area (TPSA) is 108 Å². The molecule has 3 N–H and O–H groups in total. The summed E-state index contributed by atoms with van der Waals surface area (Å²) >= 11 is 0. The van der Waals surface area contributed by atoms with Gasteiger partial charge in [-0.05, 0) is 53.5 Å². The molecule has 0 bridgehead atoms. The Morgan fingerprint density at radius 2 is 1.97 bits per heavy atom. The minimum Gasteiger partial charge on any atom is -0.507 e. The van der Waals surface area contributed by atoms with Crippen molar-refractivity contribution < 1.29 is 5.11 Å². The van der Waals surface area contributed by atoms with Gasteiger partial charge in [-0.15, -0.1) is 0 Å². The third kappa shape index (κ3) is 4.05. The first-order valence-electron chi connectivity index (χ1n) is 11.8. The third-order valence-corrected chi connectivity index (χ3v) is 7.48. The monoisotopic (exact) mass is 465 g/mol. The van der Waals surface area contributed by atoms with E-state index in [9.17, 15) is 9.90 Å². The molecule has 5 rings (SSSR count). The van der Waals surface area contributed by atoms with E-state index in [1.165, 1.54) is 17.2 Å². The molecule has 1 aromatic heterocycles. The van der Waals surface area contributed by atoms with Crippen molar-refractivity contribution in [2.75, 3.05) is 18.0 Å². The SMILES string of the molecule is Cn1c(N2CCC3(CC2)Cc2ccccc2[C@H]3N)ncc(C#CCc2ccc(C#N)c(O)c2)c1=O. The van der Waals surface area contributed by atoms with Crippen molar-refractivity contribution in [1.29, 1.82) is 5.26 Å². The lowest BCUT2D eigenvalue weighted by Crippen LogP contribution is -2.46. The van der Waals surface area contributed by atoms with Crippen molar-refractivity contribution >= 4 is 5.95 Å². The molecule has 7 nitrogen and oxygen atoms in total. The van der Waals surface area contributed by atoms with Crippen molar-refractivity contribution in [3.8, 4) is 23.7 Å². The molecule has 0 saturated carbocycles. The van der Waals surface area contributed by atoms with Crippen LogP contribution in [0, 0.1) is 28.6 Å². The normalized spacial score (nSPS) is 18.0. The Balaban J connectivity index is 1.28. The maximum Gasteiger partial charge on any atom is 0.270 e. The van der Waals surface area contributed by atoms with Gasteiger partial charge in [-0.25, -0.2) is 4.98 Å². The zero-order chi connectivity index (χ0) is 24.6. The van der Waals surface area contributed by atoms with Crippen molar-refractivity contribution in [1.82, 2.24) is 9.55 Å².